The van der Waals surface area contributed by atoms with E-state index in [1.54, 1.807) is 13.8 Å². The molecule has 18 heavy (non-hydrogen) atoms. The van der Waals surface area contributed by atoms with Crippen molar-refractivity contribution in [2.24, 2.45) is 11.7 Å². The smallest absolute Gasteiger partial charge is 0.331 e. The number of rotatable bonds is 5. The Kier molecular flexibility index (Phi) is 5.08. The monoisotopic (exact) mass is 256 g/mol. The summed E-state index contributed by atoms with van der Waals surface area (Å²) in [7, 11) is 0. The van der Waals surface area contributed by atoms with Crippen LogP contribution in [0.4, 0.5) is 0 Å². The third-order valence-electron chi connectivity index (χ3n) is 3.26. The van der Waals surface area contributed by atoms with E-state index in [9.17, 15) is 14.4 Å². The first-order chi connectivity index (χ1) is 8.04. The second kappa shape index (κ2) is 5.66. The summed E-state index contributed by atoms with van der Waals surface area (Å²) in [6, 6.07) is 0. The Morgan fingerprint density at radius 3 is 1.89 bits per heavy atom. The van der Waals surface area contributed by atoms with Gasteiger partial charge in [0.15, 0.2) is 0 Å². The second-order valence-electron chi connectivity index (χ2n) is 4.73. The third kappa shape index (κ3) is 3.32. The predicted octanol–water partition coefficient (Wildman–Crippen LogP) is 0.424. The molecular weight excluding hydrogens is 236 g/mol. The number of primary amides is 1. The first-order valence-electron chi connectivity index (χ1n) is 5.57. The highest BCUT2D eigenvalue weighted by Gasteiger charge is 2.36. The lowest BCUT2D eigenvalue weighted by molar-refractivity contribution is -0.133. The molecule has 4 N–H and O–H groups in total. The summed E-state index contributed by atoms with van der Waals surface area (Å²) >= 11 is 0. The maximum Gasteiger partial charge on any atom is 0.331 e. The molecular formula is C12H20N2O4. The summed E-state index contributed by atoms with van der Waals surface area (Å²) in [6.07, 6.45) is 0. The van der Waals surface area contributed by atoms with Crippen molar-refractivity contribution in [1.29, 1.82) is 0 Å². The van der Waals surface area contributed by atoms with Gasteiger partial charge in [0.1, 0.15) is 5.54 Å². The van der Waals surface area contributed by atoms with Gasteiger partial charge in [0, 0.05) is 11.1 Å². The number of nitrogens with one attached hydrogen (secondary N) is 1. The Hall–Kier alpha value is -1.85. The summed E-state index contributed by atoms with van der Waals surface area (Å²) in [5, 5.41) is 11.3. The summed E-state index contributed by atoms with van der Waals surface area (Å²) in [5.41, 5.74) is 4.04. The van der Waals surface area contributed by atoms with E-state index in [0.717, 1.165) is 0 Å². The molecule has 102 valence electrons. The van der Waals surface area contributed by atoms with Gasteiger partial charge in [0.05, 0.1) is 0 Å². The molecule has 0 radical (unpaired) electrons. The fourth-order valence-corrected chi connectivity index (χ4v) is 1.15. The molecule has 6 nitrogen and oxygen atoms in total. The lowest BCUT2D eigenvalue weighted by Gasteiger charge is -2.31. The van der Waals surface area contributed by atoms with E-state index in [1.807, 2.05) is 0 Å². The van der Waals surface area contributed by atoms with E-state index >= 15 is 0 Å². The zero-order chi connectivity index (χ0) is 14.7. The number of carboxylic acid groups (broad SMARTS) is 1. The van der Waals surface area contributed by atoms with Crippen molar-refractivity contribution < 1.29 is 19.5 Å². The zero-order valence-corrected chi connectivity index (χ0v) is 11.3. The van der Waals surface area contributed by atoms with Crippen LogP contribution in [-0.4, -0.2) is 28.4 Å². The van der Waals surface area contributed by atoms with E-state index in [2.05, 4.69) is 5.32 Å². The van der Waals surface area contributed by atoms with Gasteiger partial charge < -0.3 is 16.2 Å². The van der Waals surface area contributed by atoms with Crippen LogP contribution >= 0.6 is 0 Å². The fourth-order valence-electron chi connectivity index (χ4n) is 1.15. The molecule has 0 aromatic heterocycles. The van der Waals surface area contributed by atoms with Gasteiger partial charge in [-0.05, 0) is 26.7 Å². The van der Waals surface area contributed by atoms with E-state index in [0.29, 0.717) is 0 Å². The lowest BCUT2D eigenvalue weighted by Crippen LogP contribution is -2.59. The predicted molar refractivity (Wildman–Crippen MR) is 66.6 cm³/mol. The molecule has 2 amide bonds. The molecule has 0 aliphatic carbocycles. The minimum absolute atomic E-state index is 0.0515. The number of nitrogens with two attached hydrogens (primary N) is 1. The van der Waals surface area contributed by atoms with Crippen molar-refractivity contribution in [3.63, 3.8) is 0 Å². The van der Waals surface area contributed by atoms with Gasteiger partial charge in [-0.2, -0.15) is 0 Å². The molecule has 0 aromatic rings. The Morgan fingerprint density at radius 1 is 1.17 bits per heavy atom. The largest absolute Gasteiger partial charge is 0.478 e. The van der Waals surface area contributed by atoms with Crippen LogP contribution in [0, 0.1) is 5.92 Å². The first-order valence-corrected chi connectivity index (χ1v) is 5.57. The number of hydrogen-bond donors (Lipinski definition) is 3. The van der Waals surface area contributed by atoms with Crippen molar-refractivity contribution in [2.45, 2.75) is 40.2 Å². The van der Waals surface area contributed by atoms with Crippen LogP contribution in [0.2, 0.25) is 0 Å². The van der Waals surface area contributed by atoms with Crippen molar-refractivity contribution >= 4 is 17.8 Å². The molecule has 0 rings (SSSR count). The van der Waals surface area contributed by atoms with E-state index in [1.165, 1.54) is 20.8 Å². The van der Waals surface area contributed by atoms with Crippen molar-refractivity contribution in [3.05, 3.63) is 11.1 Å². The highest BCUT2D eigenvalue weighted by atomic mass is 16.4. The summed E-state index contributed by atoms with van der Waals surface area (Å²) in [4.78, 5) is 34.0. The zero-order valence-electron chi connectivity index (χ0n) is 11.3. The van der Waals surface area contributed by atoms with E-state index < -0.39 is 23.3 Å². The van der Waals surface area contributed by atoms with Gasteiger partial charge in [-0.1, -0.05) is 13.8 Å². The summed E-state index contributed by atoms with van der Waals surface area (Å²) in [5.74, 6) is -2.65. The molecule has 0 aliphatic rings. The number of carboxylic acids is 1. The Labute approximate surface area is 106 Å². The van der Waals surface area contributed by atoms with Crippen molar-refractivity contribution in [3.8, 4) is 0 Å². The number of carbonyl (C=O) groups is 3. The topological polar surface area (TPSA) is 109 Å². The van der Waals surface area contributed by atoms with Gasteiger partial charge in [-0.15, -0.1) is 0 Å². The van der Waals surface area contributed by atoms with Crippen molar-refractivity contribution in [1.82, 2.24) is 5.32 Å². The molecule has 1 atom stereocenters. The van der Waals surface area contributed by atoms with Crippen molar-refractivity contribution in [2.75, 3.05) is 0 Å². The molecule has 0 heterocycles. The molecule has 0 spiro atoms. The average Bonchev–Trinajstić information content (AvgIpc) is 2.25. The van der Waals surface area contributed by atoms with Crippen LogP contribution in [-0.2, 0) is 14.4 Å². The van der Waals surface area contributed by atoms with Crippen LogP contribution in [0.15, 0.2) is 11.1 Å². The Morgan fingerprint density at radius 2 is 1.61 bits per heavy atom. The van der Waals surface area contributed by atoms with Gasteiger partial charge in [0.25, 0.3) is 0 Å². The number of aliphatic carboxylic acids is 1. The fraction of sp³-hybridized carbons (Fsp3) is 0.583. The van der Waals surface area contributed by atoms with Gasteiger partial charge in [-0.3, -0.25) is 9.59 Å². The van der Waals surface area contributed by atoms with E-state index in [-0.39, 0.29) is 17.1 Å². The quantitative estimate of drug-likeness (QED) is 0.619. The summed E-state index contributed by atoms with van der Waals surface area (Å²) < 4.78 is 0. The lowest BCUT2D eigenvalue weighted by atomic mass is 9.87. The number of hydrogen-bond acceptors (Lipinski definition) is 3. The minimum atomic E-state index is -1.21. The minimum Gasteiger partial charge on any atom is -0.478 e. The maximum atomic E-state index is 11.9. The molecule has 0 saturated heterocycles. The van der Waals surface area contributed by atoms with Gasteiger partial charge in [0.2, 0.25) is 11.8 Å². The number of carbonyl (C=O) groups excluding carboxylic acids is 2. The second-order valence-corrected chi connectivity index (χ2v) is 4.73. The standard InChI is InChI=1S/C12H20N2O4/c1-6(2)12(5,11(13)18)14-9(15)7(3)8(4)10(16)17/h6H,1-5H3,(H2,13,18)(H,14,15)(H,16,17)/b8-7-. The molecule has 0 fully saturated rings. The van der Waals surface area contributed by atoms with Crippen LogP contribution in [0.3, 0.4) is 0 Å². The molecule has 0 aromatic carbocycles. The van der Waals surface area contributed by atoms with Crippen LogP contribution in [0.1, 0.15) is 34.6 Å². The highest BCUT2D eigenvalue weighted by molar-refractivity contribution is 6.03. The highest BCUT2D eigenvalue weighted by Crippen LogP contribution is 2.17. The summed E-state index contributed by atoms with van der Waals surface area (Å²) in [6.45, 7) is 7.72. The van der Waals surface area contributed by atoms with Gasteiger partial charge >= 0.3 is 5.97 Å². The van der Waals surface area contributed by atoms with Gasteiger partial charge in [-0.25, -0.2) is 4.79 Å². The molecule has 0 bridgehead atoms. The molecule has 0 saturated carbocycles. The van der Waals surface area contributed by atoms with Crippen LogP contribution in [0.5, 0.6) is 0 Å². The first kappa shape index (κ1) is 16.1. The Balaban J connectivity index is 5.23. The number of amides is 2. The SMILES string of the molecule is C/C(C(=O)O)=C(\C)C(=O)NC(C)(C(N)=O)C(C)C. The average molecular weight is 256 g/mol. The third-order valence-corrected chi connectivity index (χ3v) is 3.26. The maximum absolute atomic E-state index is 11.9. The van der Waals surface area contributed by atoms with Crippen LogP contribution in [0.25, 0.3) is 0 Å². The molecule has 1 unspecified atom stereocenters. The molecule has 0 aliphatic heterocycles. The normalized spacial score (nSPS) is 15.7. The molecule has 6 heteroatoms. The van der Waals surface area contributed by atoms with Crippen LogP contribution < -0.4 is 11.1 Å². The Bertz CT molecular complexity index is 412. The van der Waals surface area contributed by atoms with E-state index in [4.69, 9.17) is 10.8 Å².